The number of carbonyl (C=O) groups is 2. The molecule has 0 aliphatic carbocycles. The average molecular weight is 601 g/mol. The summed E-state index contributed by atoms with van der Waals surface area (Å²) in [6.45, 7) is 6.38. The Labute approximate surface area is 240 Å². The molecule has 214 valence electrons. The summed E-state index contributed by atoms with van der Waals surface area (Å²) in [6, 6.07) is 9.11. The van der Waals surface area contributed by atoms with E-state index in [1.54, 1.807) is 43.3 Å². The first-order chi connectivity index (χ1) is 18.4. The van der Waals surface area contributed by atoms with Crippen LogP contribution in [0.1, 0.15) is 45.6 Å². The van der Waals surface area contributed by atoms with Crippen LogP contribution >= 0.6 is 23.2 Å². The topological polar surface area (TPSA) is 105 Å². The van der Waals surface area contributed by atoms with Crippen LogP contribution < -0.4 is 19.1 Å². The maximum atomic E-state index is 13.5. The number of nitrogens with one attached hydrogen (secondary N) is 1. The largest absolute Gasteiger partial charge is 0.486 e. The fourth-order valence-electron chi connectivity index (χ4n) is 4.09. The smallest absolute Gasteiger partial charge is 0.242 e. The van der Waals surface area contributed by atoms with Crippen LogP contribution in [0.2, 0.25) is 10.0 Å². The van der Waals surface area contributed by atoms with Crippen molar-refractivity contribution < 1.29 is 27.5 Å². The van der Waals surface area contributed by atoms with Gasteiger partial charge in [-0.1, -0.05) is 36.2 Å². The van der Waals surface area contributed by atoms with Crippen molar-refractivity contribution in [1.82, 2.24) is 10.2 Å². The molecule has 0 spiro atoms. The Morgan fingerprint density at radius 2 is 1.69 bits per heavy atom. The zero-order chi connectivity index (χ0) is 28.7. The highest BCUT2D eigenvalue weighted by Crippen LogP contribution is 2.35. The first kappa shape index (κ1) is 30.8. The van der Waals surface area contributed by atoms with E-state index >= 15 is 0 Å². The Morgan fingerprint density at radius 1 is 1.05 bits per heavy atom. The predicted octanol–water partition coefficient (Wildman–Crippen LogP) is 4.64. The fraction of sp³-hybridized carbons (Fsp3) is 0.481. The molecule has 0 saturated heterocycles. The number of hydrogen-bond acceptors (Lipinski definition) is 6. The van der Waals surface area contributed by atoms with Gasteiger partial charge in [-0.15, -0.1) is 0 Å². The van der Waals surface area contributed by atoms with E-state index in [9.17, 15) is 18.0 Å². The van der Waals surface area contributed by atoms with E-state index in [2.05, 4.69) is 5.32 Å². The highest BCUT2D eigenvalue weighted by molar-refractivity contribution is 7.92. The maximum absolute atomic E-state index is 13.5. The summed E-state index contributed by atoms with van der Waals surface area (Å²) in [5, 5.41) is 3.68. The molecule has 0 fully saturated rings. The molecule has 0 radical (unpaired) electrons. The van der Waals surface area contributed by atoms with Crippen molar-refractivity contribution in [2.45, 2.75) is 58.7 Å². The summed E-state index contributed by atoms with van der Waals surface area (Å²) in [5.41, 5.74) is 0.946. The van der Waals surface area contributed by atoms with Crippen molar-refractivity contribution in [1.29, 1.82) is 0 Å². The third kappa shape index (κ3) is 8.16. The maximum Gasteiger partial charge on any atom is 0.242 e. The van der Waals surface area contributed by atoms with Gasteiger partial charge in [-0.2, -0.15) is 0 Å². The lowest BCUT2D eigenvalue weighted by molar-refractivity contribution is -0.140. The van der Waals surface area contributed by atoms with Crippen LogP contribution in [0.3, 0.4) is 0 Å². The second-order valence-electron chi connectivity index (χ2n) is 9.48. The monoisotopic (exact) mass is 599 g/mol. The minimum atomic E-state index is -3.66. The van der Waals surface area contributed by atoms with E-state index in [0.717, 1.165) is 12.7 Å². The molecule has 0 bridgehead atoms. The average Bonchev–Trinajstić information content (AvgIpc) is 2.89. The van der Waals surface area contributed by atoms with Gasteiger partial charge in [0.05, 0.1) is 11.9 Å². The lowest BCUT2D eigenvalue weighted by atomic mass is 10.1. The van der Waals surface area contributed by atoms with Gasteiger partial charge in [0, 0.05) is 47.2 Å². The number of hydrogen-bond donors (Lipinski definition) is 1. The molecule has 0 unspecified atom stereocenters. The Balaban J connectivity index is 1.78. The molecule has 39 heavy (non-hydrogen) atoms. The molecular formula is C27H35Cl2N3O6S. The Kier molecular flexibility index (Phi) is 10.7. The second-order valence-corrected chi connectivity index (χ2v) is 12.2. The first-order valence-corrected chi connectivity index (χ1v) is 15.4. The van der Waals surface area contributed by atoms with Crippen molar-refractivity contribution in [3.63, 3.8) is 0 Å². The first-order valence-electron chi connectivity index (χ1n) is 12.8. The van der Waals surface area contributed by atoms with E-state index in [1.165, 1.54) is 9.21 Å². The highest BCUT2D eigenvalue weighted by atomic mass is 35.5. The van der Waals surface area contributed by atoms with Gasteiger partial charge < -0.3 is 19.7 Å². The zero-order valence-electron chi connectivity index (χ0n) is 22.6. The molecule has 2 aromatic carbocycles. The van der Waals surface area contributed by atoms with Gasteiger partial charge in [-0.05, 0) is 51.0 Å². The summed E-state index contributed by atoms with van der Waals surface area (Å²) >= 11 is 12.7. The predicted molar refractivity (Wildman–Crippen MR) is 153 cm³/mol. The number of rotatable bonds is 12. The molecule has 9 nitrogen and oxygen atoms in total. The molecule has 2 atom stereocenters. The molecule has 0 aromatic heterocycles. The van der Waals surface area contributed by atoms with Gasteiger partial charge in [0.1, 0.15) is 19.3 Å². The second kappa shape index (κ2) is 13.6. The SMILES string of the molecule is CC[C@@H](C)NC(=O)[C@@H](C)N(Cc1c(Cl)cccc1Cl)C(=O)CCCN(c1ccc2c(c1)OCCO2)S(C)(=O)=O. The number of carbonyl (C=O) groups excluding carboxylic acids is 2. The van der Waals surface area contributed by atoms with Crippen LogP contribution in [0, 0.1) is 0 Å². The van der Waals surface area contributed by atoms with Gasteiger partial charge in [-0.3, -0.25) is 13.9 Å². The van der Waals surface area contributed by atoms with Crippen molar-refractivity contribution in [2.75, 3.05) is 30.3 Å². The number of benzene rings is 2. The Bertz CT molecular complexity index is 1270. The molecule has 2 aromatic rings. The molecule has 1 aliphatic heterocycles. The molecular weight excluding hydrogens is 565 g/mol. The van der Waals surface area contributed by atoms with Crippen LogP contribution in [0.15, 0.2) is 36.4 Å². The molecule has 12 heteroatoms. The number of fused-ring (bicyclic) bond motifs is 1. The van der Waals surface area contributed by atoms with Crippen LogP contribution in [0.4, 0.5) is 5.69 Å². The van der Waals surface area contributed by atoms with Gasteiger partial charge >= 0.3 is 0 Å². The van der Waals surface area contributed by atoms with E-state index in [4.69, 9.17) is 32.7 Å². The van der Waals surface area contributed by atoms with Crippen molar-refractivity contribution in [2.24, 2.45) is 0 Å². The number of amides is 2. The minimum absolute atomic E-state index is 0.000402. The van der Waals surface area contributed by atoms with Crippen LogP contribution in [-0.2, 0) is 26.2 Å². The van der Waals surface area contributed by atoms with Crippen molar-refractivity contribution in [3.05, 3.63) is 52.0 Å². The normalized spacial score (nSPS) is 14.3. The van der Waals surface area contributed by atoms with Gasteiger partial charge in [-0.25, -0.2) is 8.42 Å². The van der Waals surface area contributed by atoms with E-state index in [0.29, 0.717) is 46.0 Å². The van der Waals surface area contributed by atoms with Crippen LogP contribution in [0.5, 0.6) is 11.5 Å². The third-order valence-corrected chi connectivity index (χ3v) is 8.43. The molecule has 2 amide bonds. The number of anilines is 1. The standard InChI is InChI=1S/C27H35Cl2N3O6S/c1-5-18(2)30-27(34)19(3)31(17-21-22(28)8-6-9-23(21)29)26(33)10-7-13-32(39(4,35)36)20-11-12-24-25(16-20)38-15-14-37-24/h6,8-9,11-12,16,18-19H,5,7,10,13-15,17H2,1-4H3,(H,30,34)/t18-,19-/m1/s1. The van der Waals surface area contributed by atoms with Crippen molar-refractivity contribution >= 4 is 50.7 Å². The van der Waals surface area contributed by atoms with Gasteiger partial charge in [0.2, 0.25) is 21.8 Å². The molecule has 1 heterocycles. The lowest BCUT2D eigenvalue weighted by Gasteiger charge is -2.31. The summed E-state index contributed by atoms with van der Waals surface area (Å²) < 4.78 is 37.6. The van der Waals surface area contributed by atoms with Gasteiger partial charge in [0.15, 0.2) is 11.5 Å². The van der Waals surface area contributed by atoms with Crippen LogP contribution in [0.25, 0.3) is 0 Å². The molecule has 1 aliphatic rings. The summed E-state index contributed by atoms with van der Waals surface area (Å²) in [6.07, 6.45) is 2.06. The summed E-state index contributed by atoms with van der Waals surface area (Å²) in [7, 11) is -3.66. The molecule has 1 N–H and O–H groups in total. The van der Waals surface area contributed by atoms with E-state index in [-0.39, 0.29) is 43.8 Å². The Morgan fingerprint density at radius 3 is 2.31 bits per heavy atom. The van der Waals surface area contributed by atoms with E-state index in [1.807, 2.05) is 13.8 Å². The number of halogens is 2. The quantitative estimate of drug-likeness (QED) is 0.381. The Hall–Kier alpha value is -2.69. The zero-order valence-corrected chi connectivity index (χ0v) is 24.9. The van der Waals surface area contributed by atoms with Crippen LogP contribution in [-0.4, -0.2) is 63.2 Å². The minimum Gasteiger partial charge on any atom is -0.486 e. The summed E-state index contributed by atoms with van der Waals surface area (Å²) in [4.78, 5) is 27.9. The fourth-order valence-corrected chi connectivity index (χ4v) is 5.57. The van der Waals surface area contributed by atoms with Crippen molar-refractivity contribution in [3.8, 4) is 11.5 Å². The van der Waals surface area contributed by atoms with Gasteiger partial charge in [0.25, 0.3) is 0 Å². The third-order valence-electron chi connectivity index (χ3n) is 6.52. The number of ether oxygens (including phenoxy) is 2. The number of sulfonamides is 1. The lowest BCUT2D eigenvalue weighted by Crippen LogP contribution is -2.49. The molecule has 3 rings (SSSR count). The van der Waals surface area contributed by atoms with E-state index < -0.39 is 16.1 Å². The highest BCUT2D eigenvalue weighted by Gasteiger charge is 2.28. The number of nitrogens with zero attached hydrogens (tertiary/aromatic N) is 2. The summed E-state index contributed by atoms with van der Waals surface area (Å²) in [5.74, 6) is 0.392. The molecule has 0 saturated carbocycles.